The molecule has 1 saturated heterocycles. The largest absolute Gasteiger partial charge is 0.395 e. The molecule has 3 heteroatoms. The Hall–Kier alpha value is 0.400. The van der Waals surface area contributed by atoms with E-state index in [1.54, 1.807) is 0 Å². The molecule has 2 nitrogen and oxygen atoms in total. The summed E-state index contributed by atoms with van der Waals surface area (Å²) < 4.78 is 0. The molecule has 1 aliphatic carbocycles. The minimum atomic E-state index is 0.317. The Morgan fingerprint density at radius 2 is 2.29 bits per heavy atom. The quantitative estimate of drug-likeness (QED) is 0.785. The van der Waals surface area contributed by atoms with Crippen molar-refractivity contribution in [2.75, 3.05) is 31.6 Å². The Morgan fingerprint density at radius 3 is 2.93 bits per heavy atom. The highest BCUT2D eigenvalue weighted by Crippen LogP contribution is 2.48. The molecular formula is C11H20BrNO. The molecule has 2 rings (SSSR count). The van der Waals surface area contributed by atoms with Crippen molar-refractivity contribution in [1.82, 2.24) is 4.90 Å². The van der Waals surface area contributed by atoms with Gasteiger partial charge < -0.3 is 10.0 Å². The van der Waals surface area contributed by atoms with Crippen LogP contribution in [-0.2, 0) is 0 Å². The van der Waals surface area contributed by atoms with Crippen LogP contribution in [0.25, 0.3) is 0 Å². The third-order valence-corrected chi connectivity index (χ3v) is 4.87. The van der Waals surface area contributed by atoms with Crippen molar-refractivity contribution in [3.05, 3.63) is 0 Å². The number of β-amino-alcohol motifs (C(OH)–C–C–N with tert-alkyl or cyclic N) is 1. The molecule has 14 heavy (non-hydrogen) atoms. The third kappa shape index (κ3) is 2.15. The number of likely N-dealkylation sites (tertiary alicyclic amines) is 1. The Bertz CT molecular complexity index is 200. The first kappa shape index (κ1) is 10.9. The molecule has 1 spiro atoms. The summed E-state index contributed by atoms with van der Waals surface area (Å²) in [4.78, 5) is 2.43. The number of alkyl halides is 1. The Morgan fingerprint density at radius 1 is 1.43 bits per heavy atom. The van der Waals surface area contributed by atoms with Crippen LogP contribution in [0, 0.1) is 11.3 Å². The average molecular weight is 262 g/mol. The fraction of sp³-hybridized carbons (Fsp3) is 1.00. The highest BCUT2D eigenvalue weighted by Gasteiger charge is 2.43. The topological polar surface area (TPSA) is 23.5 Å². The minimum Gasteiger partial charge on any atom is -0.395 e. The predicted octanol–water partition coefficient (Wildman–Crippen LogP) is 1.87. The first-order chi connectivity index (χ1) is 6.78. The van der Waals surface area contributed by atoms with Gasteiger partial charge in [0.1, 0.15) is 0 Å². The highest BCUT2D eigenvalue weighted by atomic mass is 79.9. The predicted molar refractivity (Wildman–Crippen MR) is 61.7 cm³/mol. The van der Waals surface area contributed by atoms with E-state index in [-0.39, 0.29) is 0 Å². The van der Waals surface area contributed by atoms with Crippen LogP contribution in [-0.4, -0.2) is 41.6 Å². The zero-order valence-electron chi connectivity index (χ0n) is 8.71. The van der Waals surface area contributed by atoms with Crippen molar-refractivity contribution in [2.45, 2.75) is 25.7 Å². The molecule has 1 aliphatic heterocycles. The summed E-state index contributed by atoms with van der Waals surface area (Å²) in [5.74, 6) is 0.907. The number of hydrogen-bond acceptors (Lipinski definition) is 2. The molecule has 0 unspecified atom stereocenters. The van der Waals surface area contributed by atoms with Gasteiger partial charge in [-0.25, -0.2) is 0 Å². The van der Waals surface area contributed by atoms with Gasteiger partial charge in [0, 0.05) is 18.4 Å². The van der Waals surface area contributed by atoms with Gasteiger partial charge in [0.05, 0.1) is 6.61 Å². The van der Waals surface area contributed by atoms with Gasteiger partial charge in [-0.1, -0.05) is 15.9 Å². The van der Waals surface area contributed by atoms with Crippen LogP contribution < -0.4 is 0 Å². The zero-order chi connectivity index (χ0) is 10.0. The van der Waals surface area contributed by atoms with E-state index in [1.807, 2.05) is 0 Å². The van der Waals surface area contributed by atoms with Crippen LogP contribution in [0.15, 0.2) is 0 Å². The van der Waals surface area contributed by atoms with Gasteiger partial charge in [-0.2, -0.15) is 0 Å². The second-order valence-corrected chi connectivity index (χ2v) is 5.66. The number of halogens is 1. The van der Waals surface area contributed by atoms with E-state index in [0.717, 1.165) is 12.5 Å². The van der Waals surface area contributed by atoms with Gasteiger partial charge in [-0.15, -0.1) is 0 Å². The molecule has 1 heterocycles. The number of hydrogen-bond donors (Lipinski definition) is 1. The summed E-state index contributed by atoms with van der Waals surface area (Å²) >= 11 is 3.60. The molecular weight excluding hydrogens is 242 g/mol. The van der Waals surface area contributed by atoms with E-state index in [2.05, 4.69) is 20.8 Å². The lowest BCUT2D eigenvalue weighted by molar-refractivity contribution is 0.199. The van der Waals surface area contributed by atoms with Crippen LogP contribution in [0.1, 0.15) is 25.7 Å². The van der Waals surface area contributed by atoms with Gasteiger partial charge in [-0.3, -0.25) is 0 Å². The van der Waals surface area contributed by atoms with Crippen LogP contribution in [0.3, 0.4) is 0 Å². The van der Waals surface area contributed by atoms with E-state index in [0.29, 0.717) is 12.0 Å². The Balaban J connectivity index is 1.87. The molecule has 2 atom stereocenters. The standard InChI is InChI=1S/C11H20BrNO/c12-8-10-1-2-11(7-10)3-4-13(9-11)5-6-14/h10,14H,1-9H2/t10-,11-/m0/s1. The lowest BCUT2D eigenvalue weighted by Crippen LogP contribution is -2.27. The van der Waals surface area contributed by atoms with Gasteiger partial charge in [0.25, 0.3) is 0 Å². The van der Waals surface area contributed by atoms with E-state index >= 15 is 0 Å². The van der Waals surface area contributed by atoms with E-state index in [4.69, 9.17) is 5.11 Å². The molecule has 1 N–H and O–H groups in total. The maximum absolute atomic E-state index is 8.91. The van der Waals surface area contributed by atoms with Gasteiger partial charge in [0.15, 0.2) is 0 Å². The Kier molecular flexibility index (Phi) is 3.50. The maximum atomic E-state index is 8.91. The number of aliphatic hydroxyl groups is 1. The molecule has 0 aromatic heterocycles. The molecule has 0 radical (unpaired) electrons. The fourth-order valence-electron chi connectivity index (χ4n) is 3.19. The second-order valence-electron chi connectivity index (χ2n) is 5.01. The highest BCUT2D eigenvalue weighted by molar-refractivity contribution is 9.09. The first-order valence-corrected chi connectivity index (χ1v) is 6.79. The van der Waals surface area contributed by atoms with Crippen LogP contribution in [0.5, 0.6) is 0 Å². The third-order valence-electron chi connectivity index (χ3n) is 3.96. The molecule has 0 amide bonds. The zero-order valence-corrected chi connectivity index (χ0v) is 10.3. The minimum absolute atomic E-state index is 0.317. The summed E-state index contributed by atoms with van der Waals surface area (Å²) in [7, 11) is 0. The van der Waals surface area contributed by atoms with Crippen LogP contribution in [0.4, 0.5) is 0 Å². The van der Waals surface area contributed by atoms with Crippen molar-refractivity contribution in [3.63, 3.8) is 0 Å². The summed E-state index contributed by atoms with van der Waals surface area (Å²) in [6, 6.07) is 0. The molecule has 2 fully saturated rings. The fourth-order valence-corrected chi connectivity index (χ4v) is 3.74. The molecule has 0 aromatic rings. The normalized spacial score (nSPS) is 38.6. The maximum Gasteiger partial charge on any atom is 0.0558 e. The number of nitrogens with zero attached hydrogens (tertiary/aromatic N) is 1. The second kappa shape index (κ2) is 4.50. The van der Waals surface area contributed by atoms with Crippen LogP contribution in [0.2, 0.25) is 0 Å². The molecule has 82 valence electrons. The average Bonchev–Trinajstić information content (AvgIpc) is 2.76. The van der Waals surface area contributed by atoms with Gasteiger partial charge in [0.2, 0.25) is 0 Å². The van der Waals surface area contributed by atoms with Gasteiger partial charge >= 0.3 is 0 Å². The number of rotatable bonds is 3. The lowest BCUT2D eigenvalue weighted by atomic mass is 9.85. The van der Waals surface area contributed by atoms with E-state index in [9.17, 15) is 0 Å². The smallest absolute Gasteiger partial charge is 0.0558 e. The monoisotopic (exact) mass is 261 g/mol. The molecule has 0 aromatic carbocycles. The first-order valence-electron chi connectivity index (χ1n) is 5.67. The van der Waals surface area contributed by atoms with Crippen molar-refractivity contribution in [3.8, 4) is 0 Å². The molecule has 1 saturated carbocycles. The lowest BCUT2D eigenvalue weighted by Gasteiger charge is -2.23. The van der Waals surface area contributed by atoms with Gasteiger partial charge in [-0.05, 0) is 43.6 Å². The van der Waals surface area contributed by atoms with E-state index in [1.165, 1.54) is 44.1 Å². The van der Waals surface area contributed by atoms with Crippen molar-refractivity contribution >= 4 is 15.9 Å². The van der Waals surface area contributed by atoms with Crippen molar-refractivity contribution < 1.29 is 5.11 Å². The van der Waals surface area contributed by atoms with Crippen molar-refractivity contribution in [2.24, 2.45) is 11.3 Å². The molecule has 2 aliphatic rings. The van der Waals surface area contributed by atoms with E-state index < -0.39 is 0 Å². The summed E-state index contributed by atoms with van der Waals surface area (Å²) in [5.41, 5.74) is 0.619. The van der Waals surface area contributed by atoms with Crippen LogP contribution >= 0.6 is 15.9 Å². The SMILES string of the molecule is OCCN1CC[C@]2(CC[C@H](CBr)C2)C1. The van der Waals surface area contributed by atoms with Crippen molar-refractivity contribution in [1.29, 1.82) is 0 Å². The summed E-state index contributed by atoms with van der Waals surface area (Å²) in [6.45, 7) is 3.63. The number of aliphatic hydroxyl groups excluding tert-OH is 1. The molecule has 0 bridgehead atoms. The Labute approximate surface area is 94.8 Å². The summed E-state index contributed by atoms with van der Waals surface area (Å²) in [6.07, 6.45) is 5.57. The summed E-state index contributed by atoms with van der Waals surface area (Å²) in [5, 5.41) is 10.1.